The van der Waals surface area contributed by atoms with Crippen LogP contribution >= 0.6 is 0 Å². The highest BCUT2D eigenvalue weighted by Crippen LogP contribution is 2.26. The molecule has 2 rings (SSSR count). The van der Waals surface area contributed by atoms with E-state index in [1.54, 1.807) is 12.1 Å². The van der Waals surface area contributed by atoms with Gasteiger partial charge in [-0.05, 0) is 24.1 Å². The van der Waals surface area contributed by atoms with E-state index in [2.05, 4.69) is 11.9 Å². The van der Waals surface area contributed by atoms with Crippen molar-refractivity contribution in [2.45, 2.75) is 6.04 Å². The van der Waals surface area contributed by atoms with Gasteiger partial charge in [-0.25, -0.2) is 4.39 Å². The van der Waals surface area contributed by atoms with Crippen molar-refractivity contribution in [3.05, 3.63) is 60.4 Å². The molecule has 0 fully saturated rings. The second kappa shape index (κ2) is 4.45. The fourth-order valence-corrected chi connectivity index (χ4v) is 1.96. The van der Waals surface area contributed by atoms with Crippen molar-refractivity contribution >= 4 is 10.8 Å². The second-order valence-electron chi connectivity index (χ2n) is 3.68. The van der Waals surface area contributed by atoms with Crippen LogP contribution in [0.1, 0.15) is 11.6 Å². The normalized spacial score (nSPS) is 12.6. The Bertz CT molecular complexity index is 519. The molecule has 0 aromatic heterocycles. The first-order valence-corrected chi connectivity index (χ1v) is 5.25. The maximum atomic E-state index is 13.6. The lowest BCUT2D eigenvalue weighted by Gasteiger charge is -2.14. The molecule has 0 aliphatic heterocycles. The number of fused-ring (bicyclic) bond motifs is 1. The van der Waals surface area contributed by atoms with Crippen molar-refractivity contribution in [1.29, 1.82) is 0 Å². The Morgan fingerprint density at radius 3 is 2.50 bits per heavy atom. The Hall–Kier alpha value is -1.67. The summed E-state index contributed by atoms with van der Waals surface area (Å²) in [6.07, 6.45) is 1.82. The molecule has 0 bridgehead atoms. The third kappa shape index (κ3) is 1.72. The zero-order valence-electron chi connectivity index (χ0n) is 9.20. The molecule has 1 nitrogen and oxygen atoms in total. The quantitative estimate of drug-likeness (QED) is 0.773. The topological polar surface area (TPSA) is 12.0 Å². The van der Waals surface area contributed by atoms with E-state index >= 15 is 0 Å². The molecule has 2 aromatic carbocycles. The fraction of sp³-hybridized carbons (Fsp3) is 0.143. The third-order valence-corrected chi connectivity index (χ3v) is 2.79. The van der Waals surface area contributed by atoms with Crippen LogP contribution in [0.5, 0.6) is 0 Å². The molecule has 16 heavy (non-hydrogen) atoms. The predicted octanol–water partition coefficient (Wildman–Crippen LogP) is 3.43. The SMILES string of the molecule is C=CC(NC)c1ccc(F)c2ccccc12. The standard InChI is InChI=1S/C14H14FN/c1-3-14(16-2)12-8-9-13(15)11-7-5-4-6-10(11)12/h3-9,14,16H,1H2,2H3. The van der Waals surface area contributed by atoms with Crippen LogP contribution in [0, 0.1) is 5.82 Å². The van der Waals surface area contributed by atoms with Gasteiger partial charge in [0.2, 0.25) is 0 Å². The molecule has 0 spiro atoms. The molecular formula is C14H14FN. The number of likely N-dealkylation sites (N-methyl/N-ethyl adjacent to an activating group) is 1. The van der Waals surface area contributed by atoms with Crippen molar-refractivity contribution in [2.24, 2.45) is 0 Å². The first kappa shape index (κ1) is 10.8. The van der Waals surface area contributed by atoms with Crippen LogP contribution in [0.15, 0.2) is 49.1 Å². The minimum atomic E-state index is -0.182. The van der Waals surface area contributed by atoms with Gasteiger partial charge in [0.25, 0.3) is 0 Å². The minimum Gasteiger partial charge on any atom is -0.310 e. The molecule has 0 saturated heterocycles. The summed E-state index contributed by atoms with van der Waals surface area (Å²) in [7, 11) is 1.87. The lowest BCUT2D eigenvalue weighted by molar-refractivity contribution is 0.637. The van der Waals surface area contributed by atoms with Gasteiger partial charge in [-0.15, -0.1) is 6.58 Å². The van der Waals surface area contributed by atoms with Crippen LogP contribution < -0.4 is 5.32 Å². The highest BCUT2D eigenvalue weighted by molar-refractivity contribution is 5.86. The smallest absolute Gasteiger partial charge is 0.131 e. The molecule has 0 amide bonds. The zero-order valence-corrected chi connectivity index (χ0v) is 9.20. The molecule has 0 radical (unpaired) electrons. The summed E-state index contributed by atoms with van der Waals surface area (Å²) in [6.45, 7) is 3.78. The molecule has 1 N–H and O–H groups in total. The Kier molecular flexibility index (Phi) is 3.02. The first-order chi connectivity index (χ1) is 7.77. The lowest BCUT2D eigenvalue weighted by atomic mass is 9.98. The van der Waals surface area contributed by atoms with E-state index in [1.807, 2.05) is 31.3 Å². The summed E-state index contributed by atoms with van der Waals surface area (Å²) in [5.74, 6) is -0.182. The molecule has 1 atom stereocenters. The van der Waals surface area contributed by atoms with Gasteiger partial charge in [-0.1, -0.05) is 36.4 Å². The summed E-state index contributed by atoms with van der Waals surface area (Å²) < 4.78 is 13.6. The van der Waals surface area contributed by atoms with E-state index in [-0.39, 0.29) is 11.9 Å². The van der Waals surface area contributed by atoms with Gasteiger partial charge in [0.15, 0.2) is 0 Å². The Morgan fingerprint density at radius 1 is 1.19 bits per heavy atom. The molecule has 2 aromatic rings. The van der Waals surface area contributed by atoms with Crippen LogP contribution in [-0.2, 0) is 0 Å². The molecule has 2 heteroatoms. The fourth-order valence-electron chi connectivity index (χ4n) is 1.96. The zero-order chi connectivity index (χ0) is 11.5. The lowest BCUT2D eigenvalue weighted by Crippen LogP contribution is -2.13. The predicted molar refractivity (Wildman–Crippen MR) is 65.9 cm³/mol. The van der Waals surface area contributed by atoms with Gasteiger partial charge >= 0.3 is 0 Å². The van der Waals surface area contributed by atoms with Crippen LogP contribution in [0.25, 0.3) is 10.8 Å². The van der Waals surface area contributed by atoms with E-state index in [4.69, 9.17) is 0 Å². The maximum Gasteiger partial charge on any atom is 0.131 e. The van der Waals surface area contributed by atoms with Crippen molar-refractivity contribution in [1.82, 2.24) is 5.32 Å². The van der Waals surface area contributed by atoms with Crippen LogP contribution in [0.2, 0.25) is 0 Å². The number of benzene rings is 2. The summed E-state index contributed by atoms with van der Waals surface area (Å²) in [5.41, 5.74) is 1.05. The molecule has 0 heterocycles. The number of rotatable bonds is 3. The Labute approximate surface area is 94.6 Å². The van der Waals surface area contributed by atoms with Crippen molar-refractivity contribution in [3.8, 4) is 0 Å². The van der Waals surface area contributed by atoms with E-state index in [0.29, 0.717) is 5.39 Å². The van der Waals surface area contributed by atoms with Gasteiger partial charge in [0.05, 0.1) is 6.04 Å². The van der Waals surface area contributed by atoms with Gasteiger partial charge < -0.3 is 5.32 Å². The highest BCUT2D eigenvalue weighted by Gasteiger charge is 2.10. The summed E-state index contributed by atoms with van der Waals surface area (Å²) in [6, 6.07) is 10.8. The first-order valence-electron chi connectivity index (χ1n) is 5.25. The van der Waals surface area contributed by atoms with Gasteiger partial charge in [0.1, 0.15) is 5.82 Å². The van der Waals surface area contributed by atoms with E-state index < -0.39 is 0 Å². The Morgan fingerprint density at radius 2 is 1.88 bits per heavy atom. The van der Waals surface area contributed by atoms with E-state index in [0.717, 1.165) is 10.9 Å². The average molecular weight is 215 g/mol. The van der Waals surface area contributed by atoms with E-state index in [1.165, 1.54) is 6.07 Å². The number of hydrogen-bond donors (Lipinski definition) is 1. The largest absolute Gasteiger partial charge is 0.310 e. The molecule has 82 valence electrons. The molecule has 0 aliphatic rings. The van der Waals surface area contributed by atoms with Crippen molar-refractivity contribution in [3.63, 3.8) is 0 Å². The van der Waals surface area contributed by atoms with Gasteiger partial charge in [0, 0.05) is 5.39 Å². The summed E-state index contributed by atoms with van der Waals surface area (Å²) in [4.78, 5) is 0. The van der Waals surface area contributed by atoms with Crippen molar-refractivity contribution < 1.29 is 4.39 Å². The van der Waals surface area contributed by atoms with Crippen LogP contribution in [-0.4, -0.2) is 7.05 Å². The molecular weight excluding hydrogens is 201 g/mol. The number of halogens is 1. The van der Waals surface area contributed by atoms with E-state index in [9.17, 15) is 4.39 Å². The van der Waals surface area contributed by atoms with Crippen molar-refractivity contribution in [2.75, 3.05) is 7.05 Å². The highest BCUT2D eigenvalue weighted by atomic mass is 19.1. The minimum absolute atomic E-state index is 0.0468. The van der Waals surface area contributed by atoms with Crippen LogP contribution in [0.3, 0.4) is 0 Å². The molecule has 1 unspecified atom stereocenters. The Balaban J connectivity index is 2.71. The van der Waals surface area contributed by atoms with Crippen LogP contribution in [0.4, 0.5) is 4.39 Å². The molecule has 0 aliphatic carbocycles. The monoisotopic (exact) mass is 215 g/mol. The number of hydrogen-bond acceptors (Lipinski definition) is 1. The third-order valence-electron chi connectivity index (χ3n) is 2.79. The molecule has 0 saturated carbocycles. The summed E-state index contributed by atoms with van der Waals surface area (Å²) in [5, 5.41) is 4.73. The maximum absolute atomic E-state index is 13.6. The van der Waals surface area contributed by atoms with Gasteiger partial charge in [-0.3, -0.25) is 0 Å². The second-order valence-corrected chi connectivity index (χ2v) is 3.68. The number of nitrogens with one attached hydrogen (secondary N) is 1. The summed E-state index contributed by atoms with van der Waals surface area (Å²) >= 11 is 0. The average Bonchev–Trinajstić information content (AvgIpc) is 2.34. The van der Waals surface area contributed by atoms with Gasteiger partial charge in [-0.2, -0.15) is 0 Å².